The van der Waals surface area contributed by atoms with Crippen molar-refractivity contribution in [3.05, 3.63) is 48.1 Å². The molecular weight excluding hydrogens is 386 g/mol. The topological polar surface area (TPSA) is 95.5 Å². The quantitative estimate of drug-likeness (QED) is 0.638. The fraction of sp³-hybridized carbons (Fsp3) is 0.429. The first-order valence-corrected chi connectivity index (χ1v) is 10.1. The minimum absolute atomic E-state index is 0.0154. The molecule has 2 aromatic heterocycles. The van der Waals surface area contributed by atoms with Crippen LogP contribution in [0.3, 0.4) is 0 Å². The molecule has 9 heteroatoms. The molecule has 1 aromatic carbocycles. The van der Waals surface area contributed by atoms with Crippen LogP contribution < -0.4 is 4.74 Å². The summed E-state index contributed by atoms with van der Waals surface area (Å²) in [5.41, 5.74) is 1.46. The van der Waals surface area contributed by atoms with Gasteiger partial charge in [-0.2, -0.15) is 10.1 Å². The summed E-state index contributed by atoms with van der Waals surface area (Å²) in [6.45, 7) is 2.59. The third-order valence-electron chi connectivity index (χ3n) is 5.60. The van der Waals surface area contributed by atoms with Gasteiger partial charge in [0.25, 0.3) is 5.91 Å². The number of aryl methyl sites for hydroxylation is 1. The minimum Gasteiger partial charge on any atom is -0.487 e. The molecule has 0 saturated carbocycles. The predicted molar refractivity (Wildman–Crippen MR) is 106 cm³/mol. The van der Waals surface area contributed by atoms with E-state index in [-0.39, 0.29) is 17.9 Å². The van der Waals surface area contributed by atoms with Crippen LogP contribution in [0.4, 0.5) is 0 Å². The highest BCUT2D eigenvalue weighted by Crippen LogP contribution is 2.28. The van der Waals surface area contributed by atoms with Crippen LogP contribution in [-0.2, 0) is 11.8 Å². The van der Waals surface area contributed by atoms with Crippen molar-refractivity contribution in [2.75, 3.05) is 26.3 Å². The molecule has 0 radical (unpaired) electrons. The fourth-order valence-corrected chi connectivity index (χ4v) is 3.76. The lowest BCUT2D eigenvalue weighted by molar-refractivity contribution is 0.0170. The molecule has 5 rings (SSSR count). The zero-order chi connectivity index (χ0) is 20.5. The molecule has 2 aliphatic heterocycles. The van der Waals surface area contributed by atoms with E-state index < -0.39 is 0 Å². The Morgan fingerprint density at radius 3 is 2.60 bits per heavy atom. The van der Waals surface area contributed by atoms with Gasteiger partial charge in [0.05, 0.1) is 13.1 Å². The number of nitrogens with zero attached hydrogens (tertiary/aromatic N) is 5. The van der Waals surface area contributed by atoms with Gasteiger partial charge in [-0.05, 0) is 43.2 Å². The molecule has 9 nitrogen and oxygen atoms in total. The molecule has 2 fully saturated rings. The molecule has 0 unspecified atom stereocenters. The molecule has 156 valence electrons. The summed E-state index contributed by atoms with van der Waals surface area (Å²) in [4.78, 5) is 18.7. The molecule has 4 heterocycles. The lowest BCUT2D eigenvalue weighted by Gasteiger charge is -2.38. The number of ether oxygens (including phenoxy) is 2. The Labute approximate surface area is 173 Å². The number of benzene rings is 1. The summed E-state index contributed by atoms with van der Waals surface area (Å²) in [6.07, 6.45) is 3.43. The van der Waals surface area contributed by atoms with Crippen LogP contribution in [0.5, 0.6) is 5.75 Å². The van der Waals surface area contributed by atoms with E-state index in [0.717, 1.165) is 37.4 Å². The standard InChI is InChI=1S/C21H23N5O4/c1-25-18(6-9-22-25)21(27)26-12-17(13-26)29-16-4-2-14(3-5-16)19-23-20(30-24-19)15-7-10-28-11-8-15/h2-6,9,15,17H,7-8,10-13H2,1H3. The molecule has 0 N–H and O–H groups in total. The maximum atomic E-state index is 12.4. The first-order chi connectivity index (χ1) is 14.7. The maximum absolute atomic E-state index is 12.4. The van der Waals surface area contributed by atoms with Crippen molar-refractivity contribution in [3.8, 4) is 17.1 Å². The zero-order valence-electron chi connectivity index (χ0n) is 16.7. The number of hydrogen-bond acceptors (Lipinski definition) is 7. The van der Waals surface area contributed by atoms with E-state index in [1.807, 2.05) is 24.3 Å². The van der Waals surface area contributed by atoms with Crippen molar-refractivity contribution in [2.24, 2.45) is 7.05 Å². The minimum atomic E-state index is -0.0253. The molecule has 0 spiro atoms. The summed E-state index contributed by atoms with van der Waals surface area (Å²) in [6, 6.07) is 9.35. The summed E-state index contributed by atoms with van der Waals surface area (Å²) in [5, 5.41) is 8.16. The van der Waals surface area contributed by atoms with Crippen LogP contribution in [0.25, 0.3) is 11.4 Å². The zero-order valence-corrected chi connectivity index (χ0v) is 16.7. The van der Waals surface area contributed by atoms with Gasteiger partial charge in [-0.15, -0.1) is 0 Å². The van der Waals surface area contributed by atoms with Crippen LogP contribution >= 0.6 is 0 Å². The molecule has 2 saturated heterocycles. The highest BCUT2D eigenvalue weighted by atomic mass is 16.5. The van der Waals surface area contributed by atoms with Gasteiger partial charge >= 0.3 is 0 Å². The van der Waals surface area contributed by atoms with E-state index in [0.29, 0.717) is 30.5 Å². The van der Waals surface area contributed by atoms with E-state index in [1.54, 1.807) is 28.9 Å². The third-order valence-corrected chi connectivity index (χ3v) is 5.60. The van der Waals surface area contributed by atoms with E-state index in [9.17, 15) is 4.79 Å². The Bertz CT molecular complexity index is 1020. The molecule has 0 bridgehead atoms. The molecular formula is C21H23N5O4. The number of carbonyl (C=O) groups is 1. The highest BCUT2D eigenvalue weighted by Gasteiger charge is 2.34. The van der Waals surface area contributed by atoms with Gasteiger partial charge in [-0.3, -0.25) is 9.48 Å². The van der Waals surface area contributed by atoms with Crippen molar-refractivity contribution in [1.29, 1.82) is 0 Å². The summed E-state index contributed by atoms with van der Waals surface area (Å²) in [7, 11) is 1.76. The van der Waals surface area contributed by atoms with Crippen LogP contribution in [0.1, 0.15) is 35.1 Å². The van der Waals surface area contributed by atoms with Gasteiger partial charge in [0.1, 0.15) is 17.5 Å². The van der Waals surface area contributed by atoms with Crippen LogP contribution in [0, 0.1) is 0 Å². The van der Waals surface area contributed by atoms with Crippen molar-refractivity contribution in [3.63, 3.8) is 0 Å². The third kappa shape index (κ3) is 3.68. The van der Waals surface area contributed by atoms with Gasteiger partial charge in [-0.25, -0.2) is 0 Å². The number of hydrogen-bond donors (Lipinski definition) is 0. The SMILES string of the molecule is Cn1nccc1C(=O)N1CC(Oc2ccc(-c3noc(C4CCOCC4)n3)cc2)C1. The molecule has 1 amide bonds. The van der Waals surface area contributed by atoms with E-state index in [4.69, 9.17) is 14.0 Å². The second kappa shape index (κ2) is 7.91. The molecule has 0 atom stereocenters. The number of carbonyl (C=O) groups excluding carboxylic acids is 1. The summed E-state index contributed by atoms with van der Waals surface area (Å²) in [5.74, 6) is 2.27. The summed E-state index contributed by atoms with van der Waals surface area (Å²) >= 11 is 0. The van der Waals surface area contributed by atoms with Gasteiger partial charge in [0.15, 0.2) is 0 Å². The summed E-state index contributed by atoms with van der Waals surface area (Å²) < 4.78 is 18.4. The second-order valence-electron chi connectivity index (χ2n) is 7.66. The number of likely N-dealkylation sites (tertiary alicyclic amines) is 1. The Kier molecular flexibility index (Phi) is 4.96. The first kappa shape index (κ1) is 18.8. The second-order valence-corrected chi connectivity index (χ2v) is 7.66. The van der Waals surface area contributed by atoms with E-state index in [1.165, 1.54) is 0 Å². The lowest BCUT2D eigenvalue weighted by Crippen LogP contribution is -2.56. The van der Waals surface area contributed by atoms with E-state index in [2.05, 4.69) is 15.2 Å². The largest absolute Gasteiger partial charge is 0.487 e. The monoisotopic (exact) mass is 409 g/mol. The number of aromatic nitrogens is 4. The van der Waals surface area contributed by atoms with Crippen LogP contribution in [-0.4, -0.2) is 63.1 Å². The highest BCUT2D eigenvalue weighted by molar-refractivity contribution is 5.93. The molecule has 3 aromatic rings. The van der Waals surface area contributed by atoms with Crippen molar-refractivity contribution < 1.29 is 18.8 Å². The Balaban J connectivity index is 1.16. The van der Waals surface area contributed by atoms with Gasteiger partial charge in [0, 0.05) is 37.9 Å². The predicted octanol–water partition coefficient (Wildman–Crippen LogP) is 2.27. The molecule has 2 aliphatic rings. The number of rotatable bonds is 5. The smallest absolute Gasteiger partial charge is 0.272 e. The Morgan fingerprint density at radius 1 is 1.13 bits per heavy atom. The van der Waals surface area contributed by atoms with Gasteiger partial charge in [0.2, 0.25) is 11.7 Å². The van der Waals surface area contributed by atoms with Crippen molar-refractivity contribution in [2.45, 2.75) is 24.9 Å². The Hall–Kier alpha value is -3.20. The van der Waals surface area contributed by atoms with Gasteiger partial charge < -0.3 is 18.9 Å². The van der Waals surface area contributed by atoms with Gasteiger partial charge in [-0.1, -0.05) is 5.16 Å². The van der Waals surface area contributed by atoms with Crippen LogP contribution in [0.2, 0.25) is 0 Å². The fourth-order valence-electron chi connectivity index (χ4n) is 3.76. The normalized spacial score (nSPS) is 17.7. The maximum Gasteiger partial charge on any atom is 0.272 e. The Morgan fingerprint density at radius 2 is 1.90 bits per heavy atom. The molecule has 0 aliphatic carbocycles. The molecule has 30 heavy (non-hydrogen) atoms. The average Bonchev–Trinajstić information content (AvgIpc) is 3.40. The average molecular weight is 409 g/mol. The first-order valence-electron chi connectivity index (χ1n) is 10.1. The lowest BCUT2D eigenvalue weighted by atomic mass is 10.0. The van der Waals surface area contributed by atoms with E-state index >= 15 is 0 Å². The van der Waals surface area contributed by atoms with Crippen molar-refractivity contribution in [1.82, 2.24) is 24.8 Å². The number of amides is 1. The van der Waals surface area contributed by atoms with Crippen LogP contribution in [0.15, 0.2) is 41.1 Å². The van der Waals surface area contributed by atoms with Crippen molar-refractivity contribution >= 4 is 5.91 Å².